The standard InChI is InChI=1S/C70H135NO18/c1-3-5-7-9-11-13-15-17-19-21-23-24-25-26-27-28-30-32-34-36-38-40-42-44-46-48-58(76)71-53(54(75)47-45-43-41-39-37-35-33-31-29-22-20-18-16-14-12-10-8-6-4-2)52-84-68-64(82)61(79)66(56(50-73)86-68)89-70-65(83)62(80)67(57(51-74)87-70)88-69-63(81)60(78)59(77)55(49-72)85-69/h53-57,59-70,72-75,77-83H,3-52H2,1-2H3,(H,71,76). The molecule has 17 unspecified atom stereocenters. The molecule has 0 aromatic heterocycles. The molecule has 3 fully saturated rings. The Morgan fingerprint density at radius 3 is 0.978 bits per heavy atom. The molecule has 0 aliphatic carbocycles. The molecular formula is C70H135NO18. The molecule has 0 radical (unpaired) electrons. The maximum Gasteiger partial charge on any atom is 0.220 e. The van der Waals surface area contributed by atoms with Crippen molar-refractivity contribution < 1.29 is 89.4 Å². The van der Waals surface area contributed by atoms with E-state index in [-0.39, 0.29) is 18.9 Å². The Balaban J connectivity index is 1.40. The van der Waals surface area contributed by atoms with E-state index in [2.05, 4.69) is 19.2 Å². The Morgan fingerprint density at radius 2 is 0.640 bits per heavy atom. The van der Waals surface area contributed by atoms with E-state index >= 15 is 0 Å². The van der Waals surface area contributed by atoms with Crippen LogP contribution in [0.25, 0.3) is 0 Å². The largest absolute Gasteiger partial charge is 0.394 e. The van der Waals surface area contributed by atoms with Gasteiger partial charge in [0.2, 0.25) is 5.91 Å². The van der Waals surface area contributed by atoms with Gasteiger partial charge in [-0.3, -0.25) is 4.79 Å². The van der Waals surface area contributed by atoms with Gasteiger partial charge < -0.3 is 89.9 Å². The van der Waals surface area contributed by atoms with E-state index in [0.29, 0.717) is 12.8 Å². The Labute approximate surface area is 538 Å². The number of ether oxygens (including phenoxy) is 6. The van der Waals surface area contributed by atoms with Crippen molar-refractivity contribution in [3.63, 3.8) is 0 Å². The number of carbonyl (C=O) groups is 1. The first kappa shape index (κ1) is 82.0. The maximum atomic E-state index is 13.4. The summed E-state index contributed by atoms with van der Waals surface area (Å²) in [4.78, 5) is 13.4. The number of aliphatic hydroxyl groups excluding tert-OH is 11. The lowest BCUT2D eigenvalue weighted by atomic mass is 9.96. The van der Waals surface area contributed by atoms with Gasteiger partial charge in [0.1, 0.15) is 73.2 Å². The molecule has 17 atom stereocenters. The molecular weight excluding hydrogens is 1140 g/mol. The minimum absolute atomic E-state index is 0.234. The van der Waals surface area contributed by atoms with Gasteiger partial charge in [0.15, 0.2) is 18.9 Å². The highest BCUT2D eigenvalue weighted by atomic mass is 16.8. The van der Waals surface area contributed by atoms with Crippen molar-refractivity contribution in [2.24, 2.45) is 0 Å². The van der Waals surface area contributed by atoms with Crippen LogP contribution in [0.5, 0.6) is 0 Å². The zero-order chi connectivity index (χ0) is 64.7. The molecule has 528 valence electrons. The van der Waals surface area contributed by atoms with Crippen LogP contribution in [0.15, 0.2) is 0 Å². The van der Waals surface area contributed by atoms with Crippen molar-refractivity contribution >= 4 is 5.91 Å². The lowest BCUT2D eigenvalue weighted by Crippen LogP contribution is -2.66. The van der Waals surface area contributed by atoms with Gasteiger partial charge >= 0.3 is 0 Å². The Hall–Kier alpha value is -1.21. The zero-order valence-corrected chi connectivity index (χ0v) is 55.9. The normalized spacial score (nSPS) is 28.1. The van der Waals surface area contributed by atoms with Crippen molar-refractivity contribution in [2.45, 2.75) is 413 Å². The van der Waals surface area contributed by atoms with Crippen molar-refractivity contribution in [1.29, 1.82) is 0 Å². The molecule has 3 saturated heterocycles. The van der Waals surface area contributed by atoms with Gasteiger partial charge in [-0.25, -0.2) is 0 Å². The average Bonchev–Trinajstić information content (AvgIpc) is 2.44. The zero-order valence-electron chi connectivity index (χ0n) is 55.9. The first-order valence-corrected chi connectivity index (χ1v) is 36.8. The first-order valence-electron chi connectivity index (χ1n) is 36.8. The van der Waals surface area contributed by atoms with Crippen LogP contribution in [0.2, 0.25) is 0 Å². The van der Waals surface area contributed by atoms with Gasteiger partial charge in [-0.2, -0.15) is 0 Å². The third-order valence-electron chi connectivity index (χ3n) is 18.9. The topological polar surface area (TPSA) is 307 Å². The highest BCUT2D eigenvalue weighted by Gasteiger charge is 2.53. The third-order valence-corrected chi connectivity index (χ3v) is 18.9. The number of carbonyl (C=O) groups excluding carboxylic acids is 1. The molecule has 0 bridgehead atoms. The number of hydrogen-bond donors (Lipinski definition) is 12. The molecule has 0 saturated carbocycles. The minimum Gasteiger partial charge on any atom is -0.394 e. The van der Waals surface area contributed by atoms with Crippen molar-refractivity contribution in [3.05, 3.63) is 0 Å². The van der Waals surface area contributed by atoms with Crippen LogP contribution in [0.1, 0.15) is 309 Å². The molecule has 19 heteroatoms. The smallest absolute Gasteiger partial charge is 0.220 e. The van der Waals surface area contributed by atoms with Crippen LogP contribution < -0.4 is 5.32 Å². The summed E-state index contributed by atoms with van der Waals surface area (Å²) in [6.45, 7) is 1.86. The first-order chi connectivity index (χ1) is 43.3. The van der Waals surface area contributed by atoms with Crippen LogP contribution in [0.3, 0.4) is 0 Å². The second-order valence-electron chi connectivity index (χ2n) is 26.8. The van der Waals surface area contributed by atoms with E-state index in [0.717, 1.165) is 44.9 Å². The van der Waals surface area contributed by atoms with Gasteiger partial charge in [-0.15, -0.1) is 0 Å². The maximum absolute atomic E-state index is 13.4. The molecule has 0 aromatic carbocycles. The van der Waals surface area contributed by atoms with Crippen molar-refractivity contribution in [3.8, 4) is 0 Å². The molecule has 3 heterocycles. The van der Waals surface area contributed by atoms with Gasteiger partial charge in [0.05, 0.1) is 38.6 Å². The quantitative estimate of drug-likeness (QED) is 0.0252. The summed E-state index contributed by atoms with van der Waals surface area (Å²) in [7, 11) is 0. The summed E-state index contributed by atoms with van der Waals surface area (Å²) in [5, 5.41) is 121. The number of nitrogens with one attached hydrogen (secondary N) is 1. The van der Waals surface area contributed by atoms with Gasteiger partial charge in [-0.05, 0) is 12.8 Å². The van der Waals surface area contributed by atoms with Crippen LogP contribution in [0.4, 0.5) is 0 Å². The third kappa shape index (κ3) is 34.9. The highest BCUT2D eigenvalue weighted by Crippen LogP contribution is 2.33. The number of amides is 1. The van der Waals surface area contributed by atoms with Gasteiger partial charge in [0.25, 0.3) is 0 Å². The van der Waals surface area contributed by atoms with Crippen LogP contribution in [-0.4, -0.2) is 193 Å². The Morgan fingerprint density at radius 1 is 0.360 bits per heavy atom. The van der Waals surface area contributed by atoms with E-state index in [9.17, 15) is 61.0 Å². The van der Waals surface area contributed by atoms with Gasteiger partial charge in [0, 0.05) is 6.42 Å². The number of unbranched alkanes of at least 4 members (excludes halogenated alkanes) is 42. The highest BCUT2D eigenvalue weighted by molar-refractivity contribution is 5.76. The Bertz CT molecular complexity index is 1620. The summed E-state index contributed by atoms with van der Waals surface area (Å²) in [6, 6.07) is -0.882. The average molecular weight is 1280 g/mol. The fourth-order valence-electron chi connectivity index (χ4n) is 13.0. The summed E-state index contributed by atoms with van der Waals surface area (Å²) in [5.41, 5.74) is 0. The predicted octanol–water partition coefficient (Wildman–Crippen LogP) is 10.3. The van der Waals surface area contributed by atoms with Crippen molar-refractivity contribution in [2.75, 3.05) is 26.4 Å². The van der Waals surface area contributed by atoms with Gasteiger partial charge in [-0.1, -0.05) is 290 Å². The molecule has 1 amide bonds. The van der Waals surface area contributed by atoms with Crippen LogP contribution >= 0.6 is 0 Å². The summed E-state index contributed by atoms with van der Waals surface area (Å²) >= 11 is 0. The molecule has 0 aromatic rings. The second-order valence-corrected chi connectivity index (χ2v) is 26.8. The van der Waals surface area contributed by atoms with Crippen LogP contribution in [-0.2, 0) is 33.2 Å². The predicted molar refractivity (Wildman–Crippen MR) is 347 cm³/mol. The fraction of sp³-hybridized carbons (Fsp3) is 0.986. The van der Waals surface area contributed by atoms with E-state index in [1.165, 1.54) is 231 Å². The fourth-order valence-corrected chi connectivity index (χ4v) is 13.0. The lowest BCUT2D eigenvalue weighted by molar-refractivity contribution is -0.379. The SMILES string of the molecule is CCCCCCCCCCCCCCCCCCCCCCCCCCCC(=O)NC(COC1OC(CO)C(OC2OC(CO)C(OC3OC(CO)C(O)C(O)C3O)C(O)C2O)C(O)C1O)C(O)CCCCCCCCCCCCCCCCCCCCC. The number of aliphatic hydroxyl groups is 11. The summed E-state index contributed by atoms with van der Waals surface area (Å²) in [5.74, 6) is -0.234. The second kappa shape index (κ2) is 53.0. The molecule has 12 N–H and O–H groups in total. The Kier molecular flexibility index (Phi) is 48.8. The molecule has 89 heavy (non-hydrogen) atoms. The minimum atomic E-state index is -1.97. The van der Waals surface area contributed by atoms with Crippen molar-refractivity contribution in [1.82, 2.24) is 5.32 Å². The van der Waals surface area contributed by atoms with E-state index < -0.39 is 124 Å². The van der Waals surface area contributed by atoms with E-state index in [1.807, 2.05) is 0 Å². The van der Waals surface area contributed by atoms with E-state index in [1.54, 1.807) is 0 Å². The van der Waals surface area contributed by atoms with Crippen LogP contribution in [0, 0.1) is 0 Å². The molecule has 0 spiro atoms. The monoisotopic (exact) mass is 1280 g/mol. The molecule has 3 aliphatic heterocycles. The molecule has 3 aliphatic rings. The summed E-state index contributed by atoms with van der Waals surface area (Å²) < 4.78 is 34.5. The molecule has 19 nitrogen and oxygen atoms in total. The number of hydrogen-bond acceptors (Lipinski definition) is 18. The lowest BCUT2D eigenvalue weighted by Gasteiger charge is -2.48. The van der Waals surface area contributed by atoms with E-state index in [4.69, 9.17) is 28.4 Å². The molecule has 3 rings (SSSR count). The summed E-state index contributed by atoms with van der Waals surface area (Å²) in [6.07, 6.45) is 30.4. The number of rotatable bonds is 58.